The summed E-state index contributed by atoms with van der Waals surface area (Å²) in [5.74, 6) is 0. The van der Waals surface area contributed by atoms with E-state index in [4.69, 9.17) is 0 Å². The molecule has 4 unspecified atom stereocenters. The highest BCUT2D eigenvalue weighted by Crippen LogP contribution is 2.67. The van der Waals surface area contributed by atoms with Crippen LogP contribution in [-0.2, 0) is 28.2 Å². The Morgan fingerprint density at radius 3 is 2.09 bits per heavy atom. The number of rotatable bonds is 3. The number of para-hydroxylation sites is 1. The van der Waals surface area contributed by atoms with Crippen molar-refractivity contribution in [2.45, 2.75) is 121 Å². The third-order valence-corrected chi connectivity index (χ3v) is 18.0. The van der Waals surface area contributed by atoms with Gasteiger partial charge in [-0.15, -0.1) is 0 Å². The van der Waals surface area contributed by atoms with Crippen LogP contribution < -0.4 is 31.1 Å². The van der Waals surface area contributed by atoms with Crippen LogP contribution in [0, 0.1) is 13.8 Å². The number of nitrogens with zero attached hydrogens (tertiary/aromatic N) is 3. The molecule has 0 bridgehead atoms. The van der Waals surface area contributed by atoms with Crippen molar-refractivity contribution in [1.82, 2.24) is 0 Å². The second-order valence-corrected chi connectivity index (χ2v) is 22.3. The van der Waals surface area contributed by atoms with Gasteiger partial charge in [0.1, 0.15) is 0 Å². The molecule has 1 saturated carbocycles. The molecule has 0 spiro atoms. The summed E-state index contributed by atoms with van der Waals surface area (Å²) in [6, 6.07) is 57.7. The molecule has 0 aromatic heterocycles. The zero-order chi connectivity index (χ0) is 44.4. The third kappa shape index (κ3) is 4.83. The summed E-state index contributed by atoms with van der Waals surface area (Å²) in [5.41, 5.74) is 24.1. The summed E-state index contributed by atoms with van der Waals surface area (Å²) >= 11 is 0. The Morgan fingerprint density at radius 1 is 0.538 bits per heavy atom. The third-order valence-electron chi connectivity index (χ3n) is 18.0. The second kappa shape index (κ2) is 13.1. The van der Waals surface area contributed by atoms with Crippen LogP contribution in [0.5, 0.6) is 0 Å². The van der Waals surface area contributed by atoms with Gasteiger partial charge in [-0.25, -0.2) is 0 Å². The quantitative estimate of drug-likeness (QED) is 0.164. The molecule has 4 aliphatic heterocycles. The Bertz CT molecular complexity index is 3160. The van der Waals surface area contributed by atoms with Crippen LogP contribution >= 0.6 is 0 Å². The first kappa shape index (κ1) is 39.4. The SMILES string of the molecule is Cc1cccc(N2c3cc(C)ccc3B3c4cccc5c4N(c4cc(N6c7ccc(C(C)(C)C)cc7C7(C)CCc8ccccc8C67C)cc2c43)C2(C)CCCCC52c2ccccc2)c1. The van der Waals surface area contributed by atoms with Crippen LogP contribution in [0.25, 0.3) is 0 Å². The molecule has 4 atom stereocenters. The molecule has 4 heteroatoms. The summed E-state index contributed by atoms with van der Waals surface area (Å²) < 4.78 is 0. The minimum absolute atomic E-state index is 0.0359. The minimum atomic E-state index is -0.344. The molecular weight excluding hydrogens is 786 g/mol. The molecule has 7 aromatic carbocycles. The molecule has 13 rings (SSSR count). The maximum Gasteiger partial charge on any atom is 0.252 e. The molecule has 6 aliphatic rings. The maximum absolute atomic E-state index is 2.92. The van der Waals surface area contributed by atoms with E-state index in [-0.39, 0.29) is 34.0 Å². The maximum atomic E-state index is 2.92. The topological polar surface area (TPSA) is 9.72 Å². The smallest absolute Gasteiger partial charge is 0.252 e. The lowest BCUT2D eigenvalue weighted by molar-refractivity contribution is 0.215. The molecule has 3 nitrogen and oxygen atoms in total. The predicted octanol–water partition coefficient (Wildman–Crippen LogP) is 13.3. The first-order chi connectivity index (χ1) is 31.3. The van der Waals surface area contributed by atoms with Crippen LogP contribution in [-0.4, -0.2) is 12.3 Å². The van der Waals surface area contributed by atoms with Crippen molar-refractivity contribution in [2.24, 2.45) is 0 Å². The van der Waals surface area contributed by atoms with Crippen molar-refractivity contribution >= 4 is 62.9 Å². The summed E-state index contributed by atoms with van der Waals surface area (Å²) in [7, 11) is 0. The fraction of sp³-hybridized carbons (Fsp3) is 0.311. The molecule has 65 heavy (non-hydrogen) atoms. The van der Waals surface area contributed by atoms with Crippen LogP contribution in [0.3, 0.4) is 0 Å². The summed E-state index contributed by atoms with van der Waals surface area (Å²) in [4.78, 5) is 8.39. The number of benzene rings is 7. The highest BCUT2D eigenvalue weighted by Gasteiger charge is 2.65. The number of hydrogen-bond donors (Lipinski definition) is 0. The number of aryl methyl sites for hydroxylation is 3. The Labute approximate surface area is 387 Å². The summed E-state index contributed by atoms with van der Waals surface area (Å²) in [6.45, 7) is 19.5. The normalized spacial score (nSPS) is 25.3. The Balaban J connectivity index is 1.17. The predicted molar refractivity (Wildman–Crippen MR) is 275 cm³/mol. The fourth-order valence-electron chi connectivity index (χ4n) is 14.8. The van der Waals surface area contributed by atoms with Gasteiger partial charge in [-0.05, 0) is 156 Å². The van der Waals surface area contributed by atoms with Crippen molar-refractivity contribution in [1.29, 1.82) is 0 Å². The van der Waals surface area contributed by atoms with E-state index in [1.807, 2.05) is 0 Å². The van der Waals surface area contributed by atoms with E-state index in [0.717, 1.165) is 25.7 Å². The van der Waals surface area contributed by atoms with Crippen molar-refractivity contribution < 1.29 is 0 Å². The monoisotopic (exact) mass is 845 g/mol. The zero-order valence-corrected chi connectivity index (χ0v) is 39.5. The van der Waals surface area contributed by atoms with E-state index in [1.54, 1.807) is 0 Å². The minimum Gasteiger partial charge on any atom is -0.335 e. The largest absolute Gasteiger partial charge is 0.335 e. The van der Waals surface area contributed by atoms with Crippen LogP contribution in [0.15, 0.2) is 146 Å². The van der Waals surface area contributed by atoms with Crippen molar-refractivity contribution in [2.75, 3.05) is 14.7 Å². The van der Waals surface area contributed by atoms with E-state index in [0.29, 0.717) is 0 Å². The summed E-state index contributed by atoms with van der Waals surface area (Å²) in [6.07, 6.45) is 6.89. The van der Waals surface area contributed by atoms with Gasteiger partial charge >= 0.3 is 0 Å². The highest BCUT2D eigenvalue weighted by atomic mass is 15.3. The van der Waals surface area contributed by atoms with Crippen molar-refractivity contribution in [3.63, 3.8) is 0 Å². The first-order valence-electron chi connectivity index (χ1n) is 24.5. The Kier molecular flexibility index (Phi) is 7.93. The zero-order valence-electron chi connectivity index (χ0n) is 39.5. The van der Waals surface area contributed by atoms with Gasteiger partial charge in [-0.2, -0.15) is 0 Å². The van der Waals surface area contributed by atoms with E-state index in [9.17, 15) is 0 Å². The van der Waals surface area contributed by atoms with Gasteiger partial charge in [0, 0.05) is 50.6 Å². The molecule has 0 amide bonds. The van der Waals surface area contributed by atoms with Gasteiger partial charge in [0.05, 0.1) is 11.1 Å². The molecule has 2 aliphatic carbocycles. The lowest BCUT2D eigenvalue weighted by atomic mass is 9.33. The van der Waals surface area contributed by atoms with Gasteiger partial charge in [-0.3, -0.25) is 0 Å². The van der Waals surface area contributed by atoms with Crippen LogP contribution in [0.4, 0.5) is 39.8 Å². The van der Waals surface area contributed by atoms with E-state index in [2.05, 4.69) is 216 Å². The fourth-order valence-corrected chi connectivity index (χ4v) is 14.8. The van der Waals surface area contributed by atoms with Gasteiger partial charge in [0.25, 0.3) is 6.71 Å². The number of fused-ring (bicyclic) bond motifs is 12. The number of hydrogen-bond acceptors (Lipinski definition) is 3. The molecule has 0 saturated heterocycles. The Hall–Kier alpha value is -6.00. The summed E-state index contributed by atoms with van der Waals surface area (Å²) in [5, 5.41) is 0. The molecule has 4 heterocycles. The molecule has 7 aromatic rings. The molecule has 0 N–H and O–H groups in total. The molecule has 322 valence electrons. The van der Waals surface area contributed by atoms with Gasteiger partial charge in [0.15, 0.2) is 0 Å². The average Bonchev–Trinajstić information content (AvgIpc) is 3.67. The van der Waals surface area contributed by atoms with Gasteiger partial charge in [-0.1, -0.05) is 150 Å². The number of anilines is 7. The van der Waals surface area contributed by atoms with Gasteiger partial charge < -0.3 is 14.7 Å². The van der Waals surface area contributed by atoms with Crippen molar-refractivity contribution in [3.8, 4) is 0 Å². The van der Waals surface area contributed by atoms with E-state index >= 15 is 0 Å². The van der Waals surface area contributed by atoms with E-state index in [1.165, 1.54) is 114 Å². The average molecular weight is 846 g/mol. The molecular formula is C61H60BN3. The van der Waals surface area contributed by atoms with Crippen LogP contribution in [0.2, 0.25) is 0 Å². The van der Waals surface area contributed by atoms with Crippen molar-refractivity contribution in [3.05, 3.63) is 190 Å². The second-order valence-electron chi connectivity index (χ2n) is 22.3. The Morgan fingerprint density at radius 2 is 1.28 bits per heavy atom. The first-order valence-corrected chi connectivity index (χ1v) is 24.5. The van der Waals surface area contributed by atoms with Gasteiger partial charge in [0.2, 0.25) is 0 Å². The molecule has 0 radical (unpaired) electrons. The van der Waals surface area contributed by atoms with Crippen LogP contribution in [0.1, 0.15) is 118 Å². The highest BCUT2D eigenvalue weighted by molar-refractivity contribution is 7.00. The lowest BCUT2D eigenvalue weighted by Crippen LogP contribution is -2.65. The lowest BCUT2D eigenvalue weighted by Gasteiger charge is -2.55. The molecule has 1 fully saturated rings. The standard InChI is InChI=1S/C61H60BN3/c1-39-18-16-22-44(34-39)63-52-35-40(2)26-28-49(52)62-50-25-17-24-47-56(50)65(59(7)31-14-15-32-61(47,59)42-20-10-9-11-21-42)54-38-45(37-53(63)55(54)62)64-51-29-27-43(57(3,4)5)36-48(51)58(6)33-30-41-19-12-13-23-46(41)60(58,64)8/h9-13,16-29,34-38H,14-15,30-33H2,1-8H3. The van der Waals surface area contributed by atoms with E-state index < -0.39 is 0 Å².